The van der Waals surface area contributed by atoms with Crippen LogP contribution in [0.3, 0.4) is 0 Å². The molecule has 6 nitrogen and oxygen atoms in total. The Morgan fingerprint density at radius 2 is 1.97 bits per heavy atom. The molecule has 0 fully saturated rings. The fourth-order valence-corrected chi connectivity index (χ4v) is 4.68. The Labute approximate surface area is 184 Å². The molecule has 3 heterocycles. The van der Waals surface area contributed by atoms with Crippen LogP contribution in [-0.2, 0) is 5.75 Å². The summed E-state index contributed by atoms with van der Waals surface area (Å²) in [5, 5.41) is 7.61. The number of thiophene rings is 1. The van der Waals surface area contributed by atoms with Crippen LogP contribution >= 0.6 is 34.7 Å². The smallest absolute Gasteiger partial charge is 0.266 e. The molecule has 0 saturated carbocycles. The molecule has 30 heavy (non-hydrogen) atoms. The van der Waals surface area contributed by atoms with Crippen molar-refractivity contribution in [2.45, 2.75) is 10.9 Å². The third-order valence-corrected chi connectivity index (χ3v) is 6.37. The second-order valence-electron chi connectivity index (χ2n) is 6.31. The molecule has 148 valence electrons. The van der Waals surface area contributed by atoms with Crippen molar-refractivity contribution in [2.75, 3.05) is 0 Å². The van der Waals surface area contributed by atoms with E-state index in [4.69, 9.17) is 21.1 Å². The van der Waals surface area contributed by atoms with Crippen molar-refractivity contribution in [3.63, 3.8) is 0 Å². The van der Waals surface area contributed by atoms with E-state index in [0.29, 0.717) is 44.2 Å². The van der Waals surface area contributed by atoms with Gasteiger partial charge in [-0.3, -0.25) is 9.36 Å². The molecule has 0 spiro atoms. The number of aromatic nitrogens is 4. The van der Waals surface area contributed by atoms with Gasteiger partial charge in [-0.1, -0.05) is 52.8 Å². The molecule has 0 atom stereocenters. The van der Waals surface area contributed by atoms with Crippen molar-refractivity contribution < 1.29 is 4.52 Å². The van der Waals surface area contributed by atoms with Crippen molar-refractivity contribution in [1.29, 1.82) is 0 Å². The lowest BCUT2D eigenvalue weighted by Crippen LogP contribution is -2.21. The first-order chi connectivity index (χ1) is 14.7. The lowest BCUT2D eigenvalue weighted by Gasteiger charge is -2.12. The summed E-state index contributed by atoms with van der Waals surface area (Å²) in [5.41, 5.74) is 1.13. The summed E-state index contributed by atoms with van der Waals surface area (Å²) in [6.07, 6.45) is 0. The summed E-state index contributed by atoms with van der Waals surface area (Å²) in [5.74, 6) is 1.40. The van der Waals surface area contributed by atoms with Crippen LogP contribution in [0, 0.1) is 0 Å². The molecule has 5 aromatic rings. The predicted octanol–water partition coefficient (Wildman–Crippen LogP) is 5.44. The van der Waals surface area contributed by atoms with Gasteiger partial charge in [-0.25, -0.2) is 4.98 Å². The number of hydrogen-bond acceptors (Lipinski definition) is 7. The van der Waals surface area contributed by atoms with E-state index in [1.165, 1.54) is 11.8 Å². The highest BCUT2D eigenvalue weighted by molar-refractivity contribution is 7.98. The number of rotatable bonds is 5. The summed E-state index contributed by atoms with van der Waals surface area (Å²) < 4.78 is 6.95. The minimum Gasteiger partial charge on any atom is -0.338 e. The standard InChI is InChI=1S/C21H13ClN4O2S2/c22-13-5-3-6-14(11-13)26-20(27)15-7-1-2-8-16(15)23-21(26)30-12-18-24-19(25-28-18)17-9-4-10-29-17/h1-11H,12H2. The Morgan fingerprint density at radius 1 is 1.07 bits per heavy atom. The summed E-state index contributed by atoms with van der Waals surface area (Å²) in [4.78, 5) is 23.3. The summed E-state index contributed by atoms with van der Waals surface area (Å²) >= 11 is 9.07. The van der Waals surface area contributed by atoms with Crippen LogP contribution < -0.4 is 5.56 Å². The van der Waals surface area contributed by atoms with E-state index in [1.807, 2.05) is 41.8 Å². The van der Waals surface area contributed by atoms with Gasteiger partial charge < -0.3 is 4.52 Å². The molecule has 0 radical (unpaired) electrons. The van der Waals surface area contributed by atoms with E-state index < -0.39 is 0 Å². The first-order valence-electron chi connectivity index (χ1n) is 8.96. The van der Waals surface area contributed by atoms with Crippen LogP contribution in [0.2, 0.25) is 5.02 Å². The highest BCUT2D eigenvalue weighted by atomic mass is 35.5. The van der Waals surface area contributed by atoms with Gasteiger partial charge in [0.2, 0.25) is 11.7 Å². The zero-order chi connectivity index (χ0) is 20.5. The highest BCUT2D eigenvalue weighted by Gasteiger charge is 2.16. The predicted molar refractivity (Wildman–Crippen MR) is 120 cm³/mol. The first kappa shape index (κ1) is 19.0. The van der Waals surface area contributed by atoms with Crippen LogP contribution in [0.25, 0.3) is 27.3 Å². The molecule has 0 aliphatic rings. The zero-order valence-electron chi connectivity index (χ0n) is 15.4. The van der Waals surface area contributed by atoms with Gasteiger partial charge in [0.1, 0.15) is 0 Å². The van der Waals surface area contributed by atoms with Gasteiger partial charge in [-0.2, -0.15) is 4.98 Å². The zero-order valence-corrected chi connectivity index (χ0v) is 17.7. The Morgan fingerprint density at radius 3 is 2.80 bits per heavy atom. The molecule has 0 N–H and O–H groups in total. The fraction of sp³-hybridized carbons (Fsp3) is 0.0476. The van der Waals surface area contributed by atoms with Crippen LogP contribution in [-0.4, -0.2) is 19.7 Å². The number of nitrogens with zero attached hydrogens (tertiary/aromatic N) is 4. The van der Waals surface area contributed by atoms with Crippen LogP contribution in [0.5, 0.6) is 0 Å². The number of benzene rings is 2. The van der Waals surface area contributed by atoms with Crippen LogP contribution in [0.1, 0.15) is 5.89 Å². The summed E-state index contributed by atoms with van der Waals surface area (Å²) in [6, 6.07) is 18.3. The maximum atomic E-state index is 13.2. The van der Waals surface area contributed by atoms with E-state index in [1.54, 1.807) is 40.2 Å². The van der Waals surface area contributed by atoms with E-state index in [2.05, 4.69) is 10.1 Å². The molecule has 2 aromatic carbocycles. The van der Waals surface area contributed by atoms with Crippen molar-refractivity contribution in [1.82, 2.24) is 19.7 Å². The Hall–Kier alpha value is -2.94. The maximum absolute atomic E-state index is 13.2. The molecule has 0 unspecified atom stereocenters. The molecular formula is C21H13ClN4O2S2. The Kier molecular flexibility index (Phi) is 5.12. The Balaban J connectivity index is 1.54. The molecule has 9 heteroatoms. The monoisotopic (exact) mass is 452 g/mol. The fourth-order valence-electron chi connectivity index (χ4n) is 3.00. The van der Waals surface area contributed by atoms with Crippen molar-refractivity contribution >= 4 is 45.6 Å². The van der Waals surface area contributed by atoms with Crippen LogP contribution in [0.15, 0.2) is 80.5 Å². The number of fused-ring (bicyclic) bond motifs is 1. The Bertz CT molecular complexity index is 1400. The van der Waals surface area contributed by atoms with Crippen molar-refractivity contribution in [3.05, 3.63) is 87.3 Å². The molecule has 5 rings (SSSR count). The molecular weight excluding hydrogens is 440 g/mol. The van der Waals surface area contributed by atoms with Crippen molar-refractivity contribution in [2.24, 2.45) is 0 Å². The number of thioether (sulfide) groups is 1. The SMILES string of the molecule is O=c1c2ccccc2nc(SCc2nc(-c3cccs3)no2)n1-c1cccc(Cl)c1. The lowest BCUT2D eigenvalue weighted by molar-refractivity contribution is 0.391. The first-order valence-corrected chi connectivity index (χ1v) is 11.2. The largest absolute Gasteiger partial charge is 0.338 e. The third kappa shape index (κ3) is 3.65. The topological polar surface area (TPSA) is 73.8 Å². The summed E-state index contributed by atoms with van der Waals surface area (Å²) in [7, 11) is 0. The van der Waals surface area contributed by atoms with E-state index in [0.717, 1.165) is 4.88 Å². The summed E-state index contributed by atoms with van der Waals surface area (Å²) in [6.45, 7) is 0. The van der Waals surface area contributed by atoms with Gasteiger partial charge in [-0.15, -0.1) is 11.3 Å². The van der Waals surface area contributed by atoms with E-state index in [9.17, 15) is 4.79 Å². The van der Waals surface area contributed by atoms with Gasteiger partial charge >= 0.3 is 0 Å². The normalized spacial score (nSPS) is 11.2. The minimum absolute atomic E-state index is 0.157. The second-order valence-corrected chi connectivity index (χ2v) is 8.64. The van der Waals surface area contributed by atoms with Gasteiger partial charge in [0.25, 0.3) is 5.56 Å². The lowest BCUT2D eigenvalue weighted by atomic mass is 10.2. The molecule has 3 aromatic heterocycles. The van der Waals surface area contributed by atoms with Gasteiger partial charge in [-0.05, 0) is 41.8 Å². The number of hydrogen-bond donors (Lipinski definition) is 0. The third-order valence-electron chi connectivity index (χ3n) is 4.35. The molecule has 0 saturated heterocycles. The van der Waals surface area contributed by atoms with Gasteiger partial charge in [0.05, 0.1) is 27.2 Å². The van der Waals surface area contributed by atoms with E-state index in [-0.39, 0.29) is 5.56 Å². The highest BCUT2D eigenvalue weighted by Crippen LogP contribution is 2.27. The molecule has 0 aliphatic heterocycles. The van der Waals surface area contributed by atoms with Crippen molar-refractivity contribution in [3.8, 4) is 16.4 Å². The average molecular weight is 453 g/mol. The second kappa shape index (κ2) is 8.06. The molecule has 0 bridgehead atoms. The molecule has 0 amide bonds. The number of para-hydroxylation sites is 1. The minimum atomic E-state index is -0.157. The van der Waals surface area contributed by atoms with Crippen LogP contribution in [0.4, 0.5) is 0 Å². The van der Waals surface area contributed by atoms with Gasteiger partial charge in [0.15, 0.2) is 5.16 Å². The average Bonchev–Trinajstić information content (AvgIpc) is 3.44. The maximum Gasteiger partial charge on any atom is 0.266 e. The number of halogens is 1. The molecule has 0 aliphatic carbocycles. The van der Waals surface area contributed by atoms with Gasteiger partial charge in [0, 0.05) is 5.02 Å². The van der Waals surface area contributed by atoms with E-state index >= 15 is 0 Å². The quantitative estimate of drug-likeness (QED) is 0.261.